The van der Waals surface area contributed by atoms with Crippen LogP contribution in [0.15, 0.2) is 77.3 Å². The predicted octanol–water partition coefficient (Wildman–Crippen LogP) is 5.37. The molecule has 3 aromatic rings. The smallest absolute Gasteiger partial charge is 0.407 e. The standard InChI is InChI=1S/C25H22BrNO4/c26-22-12-6-1-7-16(22)13-14-23(24(28)29)27-25(30)31-15-21-19-10-4-2-8-17(19)18-9-3-5-11-20(18)21/h1-12,21,23H,13-15H2,(H,27,30)(H,28,29)/t23-/m1/s1. The number of benzene rings is 3. The fourth-order valence-electron chi connectivity index (χ4n) is 4.04. The molecule has 1 aliphatic carbocycles. The summed E-state index contributed by atoms with van der Waals surface area (Å²) in [6, 6.07) is 22.8. The first-order valence-electron chi connectivity index (χ1n) is 10.1. The first kappa shape index (κ1) is 21.1. The largest absolute Gasteiger partial charge is 0.480 e. The van der Waals surface area contributed by atoms with Crippen molar-refractivity contribution in [3.63, 3.8) is 0 Å². The third kappa shape index (κ3) is 4.64. The maximum absolute atomic E-state index is 12.4. The molecule has 0 unspecified atom stereocenters. The van der Waals surface area contributed by atoms with Crippen LogP contribution in [-0.4, -0.2) is 29.8 Å². The zero-order valence-corrected chi connectivity index (χ0v) is 18.3. The van der Waals surface area contributed by atoms with E-state index < -0.39 is 18.1 Å². The van der Waals surface area contributed by atoms with Gasteiger partial charge in [-0.1, -0.05) is 82.7 Å². The number of hydrogen-bond acceptors (Lipinski definition) is 3. The topological polar surface area (TPSA) is 75.6 Å². The fraction of sp³-hybridized carbons (Fsp3) is 0.200. The minimum atomic E-state index is -1.08. The maximum Gasteiger partial charge on any atom is 0.407 e. The number of carboxylic acid groups (broad SMARTS) is 1. The van der Waals surface area contributed by atoms with Crippen LogP contribution in [0.25, 0.3) is 11.1 Å². The monoisotopic (exact) mass is 479 g/mol. The Kier molecular flexibility index (Phi) is 6.37. The van der Waals surface area contributed by atoms with Gasteiger partial charge in [-0.3, -0.25) is 0 Å². The number of hydrogen-bond donors (Lipinski definition) is 2. The first-order valence-corrected chi connectivity index (χ1v) is 10.9. The second-order valence-electron chi connectivity index (χ2n) is 7.49. The Morgan fingerprint density at radius 1 is 0.935 bits per heavy atom. The predicted molar refractivity (Wildman–Crippen MR) is 122 cm³/mol. The molecule has 3 aromatic carbocycles. The molecule has 5 nitrogen and oxygen atoms in total. The lowest BCUT2D eigenvalue weighted by molar-refractivity contribution is -0.139. The van der Waals surface area contributed by atoms with Gasteiger partial charge in [0.2, 0.25) is 0 Å². The summed E-state index contributed by atoms with van der Waals surface area (Å²) >= 11 is 3.46. The van der Waals surface area contributed by atoms with Crippen LogP contribution in [0, 0.1) is 0 Å². The Bertz CT molecular complexity index is 1070. The highest BCUT2D eigenvalue weighted by Gasteiger charge is 2.29. The number of aryl methyl sites for hydroxylation is 1. The first-order chi connectivity index (χ1) is 15.0. The van der Waals surface area contributed by atoms with Gasteiger partial charge >= 0.3 is 12.1 Å². The third-order valence-electron chi connectivity index (χ3n) is 5.59. The number of carbonyl (C=O) groups is 2. The van der Waals surface area contributed by atoms with E-state index in [-0.39, 0.29) is 18.9 Å². The second-order valence-corrected chi connectivity index (χ2v) is 8.35. The second kappa shape index (κ2) is 9.35. The van der Waals surface area contributed by atoms with Gasteiger partial charge in [0.1, 0.15) is 12.6 Å². The quantitative estimate of drug-likeness (QED) is 0.477. The van der Waals surface area contributed by atoms with Gasteiger partial charge in [-0.2, -0.15) is 0 Å². The molecule has 0 saturated carbocycles. The molecule has 0 bridgehead atoms. The molecule has 2 N–H and O–H groups in total. The lowest BCUT2D eigenvalue weighted by Crippen LogP contribution is -2.41. The third-order valence-corrected chi connectivity index (χ3v) is 6.37. The Hall–Kier alpha value is -3.12. The van der Waals surface area contributed by atoms with Gasteiger partial charge in [-0.25, -0.2) is 9.59 Å². The SMILES string of the molecule is O=C(N[C@H](CCc1ccccc1Br)C(=O)O)OCC1c2ccccc2-c2ccccc21. The average Bonchev–Trinajstić information content (AvgIpc) is 3.10. The van der Waals surface area contributed by atoms with Crippen molar-refractivity contribution in [3.05, 3.63) is 94.0 Å². The van der Waals surface area contributed by atoms with E-state index in [1.807, 2.05) is 60.7 Å². The Morgan fingerprint density at radius 2 is 1.52 bits per heavy atom. The van der Waals surface area contributed by atoms with Gasteiger partial charge in [0.15, 0.2) is 0 Å². The lowest BCUT2D eigenvalue weighted by atomic mass is 9.98. The van der Waals surface area contributed by atoms with Crippen molar-refractivity contribution >= 4 is 28.0 Å². The van der Waals surface area contributed by atoms with Gasteiger partial charge in [0, 0.05) is 10.4 Å². The van der Waals surface area contributed by atoms with E-state index in [4.69, 9.17) is 4.74 Å². The molecular weight excluding hydrogens is 458 g/mol. The van der Waals surface area contributed by atoms with Crippen molar-refractivity contribution in [1.29, 1.82) is 0 Å². The Morgan fingerprint density at radius 3 is 2.13 bits per heavy atom. The van der Waals surface area contributed by atoms with Crippen molar-refractivity contribution in [2.24, 2.45) is 0 Å². The highest BCUT2D eigenvalue weighted by Crippen LogP contribution is 2.44. The van der Waals surface area contributed by atoms with Gasteiger partial charge < -0.3 is 15.2 Å². The summed E-state index contributed by atoms with van der Waals surface area (Å²) < 4.78 is 6.39. The molecule has 0 saturated heterocycles. The van der Waals surface area contributed by atoms with Gasteiger partial charge in [0.25, 0.3) is 0 Å². The Balaban J connectivity index is 1.39. The Labute approximate surface area is 189 Å². The number of alkyl carbamates (subject to hydrolysis) is 1. The molecule has 1 amide bonds. The zero-order valence-electron chi connectivity index (χ0n) is 16.8. The molecule has 0 fully saturated rings. The van der Waals surface area contributed by atoms with Crippen LogP contribution < -0.4 is 5.32 Å². The number of halogens is 1. The lowest BCUT2D eigenvalue weighted by Gasteiger charge is -2.17. The van der Waals surface area contributed by atoms with Crippen LogP contribution in [0.2, 0.25) is 0 Å². The summed E-state index contributed by atoms with van der Waals surface area (Å²) in [5, 5.41) is 12.0. The highest BCUT2D eigenvalue weighted by molar-refractivity contribution is 9.10. The van der Waals surface area contributed by atoms with E-state index in [0.29, 0.717) is 6.42 Å². The van der Waals surface area contributed by atoms with Gasteiger partial charge in [-0.15, -0.1) is 0 Å². The van der Waals surface area contributed by atoms with Crippen molar-refractivity contribution < 1.29 is 19.4 Å². The van der Waals surface area contributed by atoms with Crippen LogP contribution in [-0.2, 0) is 16.0 Å². The summed E-state index contributed by atoms with van der Waals surface area (Å²) in [5.74, 6) is -1.15. The van der Waals surface area contributed by atoms with Crippen LogP contribution in [0.3, 0.4) is 0 Å². The minimum Gasteiger partial charge on any atom is -0.480 e. The number of nitrogens with one attached hydrogen (secondary N) is 1. The molecule has 4 rings (SSSR count). The number of aliphatic carboxylic acids is 1. The molecule has 1 atom stereocenters. The normalized spacial score (nSPS) is 13.2. The molecule has 158 valence electrons. The molecule has 0 aliphatic heterocycles. The molecule has 6 heteroatoms. The summed E-state index contributed by atoms with van der Waals surface area (Å²) in [4.78, 5) is 24.1. The maximum atomic E-state index is 12.4. The van der Waals surface area contributed by atoms with Crippen molar-refractivity contribution in [3.8, 4) is 11.1 Å². The summed E-state index contributed by atoms with van der Waals surface area (Å²) in [7, 11) is 0. The average molecular weight is 480 g/mol. The molecule has 0 radical (unpaired) electrons. The molecular formula is C25H22BrNO4. The minimum absolute atomic E-state index is 0.0679. The van der Waals surface area contributed by atoms with E-state index in [1.54, 1.807) is 0 Å². The summed E-state index contributed by atoms with van der Waals surface area (Å²) in [5.41, 5.74) is 5.50. The van der Waals surface area contributed by atoms with Crippen LogP contribution in [0.1, 0.15) is 29.0 Å². The number of rotatable bonds is 7. The van der Waals surface area contributed by atoms with Crippen LogP contribution in [0.5, 0.6) is 0 Å². The molecule has 0 aromatic heterocycles. The van der Waals surface area contributed by atoms with Crippen LogP contribution in [0.4, 0.5) is 4.79 Å². The number of carboxylic acids is 1. The van der Waals surface area contributed by atoms with Crippen molar-refractivity contribution in [2.45, 2.75) is 24.8 Å². The van der Waals surface area contributed by atoms with E-state index in [9.17, 15) is 14.7 Å². The zero-order chi connectivity index (χ0) is 21.8. The van der Waals surface area contributed by atoms with Crippen molar-refractivity contribution in [2.75, 3.05) is 6.61 Å². The number of fused-ring (bicyclic) bond motifs is 3. The fourth-order valence-corrected chi connectivity index (χ4v) is 4.52. The molecule has 1 aliphatic rings. The van der Waals surface area contributed by atoms with Crippen molar-refractivity contribution in [1.82, 2.24) is 5.32 Å². The summed E-state index contributed by atoms with van der Waals surface area (Å²) in [6.45, 7) is 0.149. The molecule has 31 heavy (non-hydrogen) atoms. The van der Waals surface area contributed by atoms with Crippen LogP contribution >= 0.6 is 15.9 Å². The van der Waals surface area contributed by atoms with Gasteiger partial charge in [0.05, 0.1) is 0 Å². The van der Waals surface area contributed by atoms with E-state index in [1.165, 1.54) is 0 Å². The van der Waals surface area contributed by atoms with E-state index >= 15 is 0 Å². The number of ether oxygens (including phenoxy) is 1. The van der Waals surface area contributed by atoms with E-state index in [0.717, 1.165) is 32.3 Å². The van der Waals surface area contributed by atoms with E-state index in [2.05, 4.69) is 33.4 Å². The highest BCUT2D eigenvalue weighted by atomic mass is 79.9. The number of amides is 1. The summed E-state index contributed by atoms with van der Waals surface area (Å²) in [6.07, 6.45) is 0.0610. The number of carbonyl (C=O) groups excluding carboxylic acids is 1. The molecule has 0 spiro atoms. The van der Waals surface area contributed by atoms with Gasteiger partial charge in [-0.05, 0) is 46.7 Å². The molecule has 0 heterocycles.